The Kier molecular flexibility index (Phi) is 6.65. The Morgan fingerprint density at radius 3 is 2.74 bits per heavy atom. The Bertz CT molecular complexity index is 323. The molecular weight excluding hydrogens is 264 g/mol. The Hall–Kier alpha value is -0.750. The zero-order valence-electron chi connectivity index (χ0n) is 11.9. The van der Waals surface area contributed by atoms with Gasteiger partial charge < -0.3 is 15.4 Å². The van der Waals surface area contributed by atoms with Crippen molar-refractivity contribution in [3.05, 3.63) is 0 Å². The lowest BCUT2D eigenvalue weighted by Crippen LogP contribution is -2.52. The molecule has 5 nitrogen and oxygen atoms in total. The van der Waals surface area contributed by atoms with Crippen molar-refractivity contribution in [2.24, 2.45) is 11.7 Å². The van der Waals surface area contributed by atoms with Crippen molar-refractivity contribution < 1.29 is 14.3 Å². The number of carbonyl (C=O) groups excluding carboxylic acids is 2. The van der Waals surface area contributed by atoms with Gasteiger partial charge in [0.1, 0.15) is 6.04 Å². The largest absolute Gasteiger partial charge is 0.464 e. The summed E-state index contributed by atoms with van der Waals surface area (Å²) in [5, 5.41) is 0. The molecule has 1 fully saturated rings. The van der Waals surface area contributed by atoms with E-state index in [1.165, 1.54) is 0 Å². The topological polar surface area (TPSA) is 72.6 Å². The fraction of sp³-hybridized carbons (Fsp3) is 0.846. The quantitative estimate of drug-likeness (QED) is 0.760. The summed E-state index contributed by atoms with van der Waals surface area (Å²) in [4.78, 5) is 25.8. The van der Waals surface area contributed by atoms with Crippen molar-refractivity contribution in [3.8, 4) is 0 Å². The number of nitrogens with zero attached hydrogens (tertiary/aromatic N) is 1. The maximum Gasteiger partial charge on any atom is 0.329 e. The van der Waals surface area contributed by atoms with E-state index in [0.29, 0.717) is 18.9 Å². The highest BCUT2D eigenvalue weighted by atomic mass is 32.2. The zero-order valence-corrected chi connectivity index (χ0v) is 12.7. The Morgan fingerprint density at radius 1 is 1.47 bits per heavy atom. The second-order valence-electron chi connectivity index (χ2n) is 5.04. The molecule has 2 atom stereocenters. The summed E-state index contributed by atoms with van der Waals surface area (Å²) in [5.41, 5.74) is 5.94. The summed E-state index contributed by atoms with van der Waals surface area (Å²) in [5.74, 6) is 1.38. The van der Waals surface area contributed by atoms with Gasteiger partial charge in [-0.1, -0.05) is 13.8 Å². The van der Waals surface area contributed by atoms with Crippen molar-refractivity contribution in [1.82, 2.24) is 4.90 Å². The van der Waals surface area contributed by atoms with E-state index < -0.39 is 6.04 Å². The molecule has 1 heterocycles. The fourth-order valence-electron chi connectivity index (χ4n) is 1.89. The third kappa shape index (κ3) is 4.69. The lowest BCUT2D eigenvalue weighted by atomic mass is 10.0. The molecule has 0 spiro atoms. The molecule has 0 aliphatic carbocycles. The van der Waals surface area contributed by atoms with Gasteiger partial charge in [0.25, 0.3) is 0 Å². The number of hydrogen-bond donors (Lipinski definition) is 1. The Balaban J connectivity index is 2.65. The second kappa shape index (κ2) is 7.75. The van der Waals surface area contributed by atoms with Crippen LogP contribution in [0.15, 0.2) is 0 Å². The van der Waals surface area contributed by atoms with Crippen LogP contribution < -0.4 is 5.73 Å². The van der Waals surface area contributed by atoms with Crippen molar-refractivity contribution >= 4 is 23.6 Å². The first-order valence-corrected chi connectivity index (χ1v) is 7.92. The summed E-state index contributed by atoms with van der Waals surface area (Å²) in [6.07, 6.45) is 0.290. The van der Waals surface area contributed by atoms with Crippen LogP contribution in [0.1, 0.15) is 27.2 Å². The van der Waals surface area contributed by atoms with Crippen LogP contribution in [0.5, 0.6) is 0 Å². The summed E-state index contributed by atoms with van der Waals surface area (Å²) in [7, 11) is 0. The highest BCUT2D eigenvalue weighted by molar-refractivity contribution is 7.99. The molecule has 0 saturated carbocycles. The summed E-state index contributed by atoms with van der Waals surface area (Å²) in [6, 6.07) is -0.615. The molecule has 6 heteroatoms. The third-order valence-corrected chi connectivity index (χ3v) is 4.30. The number of carbonyl (C=O) groups is 2. The molecule has 19 heavy (non-hydrogen) atoms. The number of rotatable bonds is 5. The molecule has 1 saturated heterocycles. The summed E-state index contributed by atoms with van der Waals surface area (Å²) in [6.45, 7) is 6.69. The van der Waals surface area contributed by atoms with E-state index in [4.69, 9.17) is 10.5 Å². The van der Waals surface area contributed by atoms with Gasteiger partial charge in [-0.05, 0) is 12.8 Å². The Labute approximate surface area is 119 Å². The molecule has 0 aromatic carbocycles. The van der Waals surface area contributed by atoms with Crippen LogP contribution in [0.3, 0.4) is 0 Å². The van der Waals surface area contributed by atoms with Gasteiger partial charge in [0.05, 0.1) is 6.61 Å². The molecule has 1 rings (SSSR count). The predicted octanol–water partition coefficient (Wildman–Crippen LogP) is 0.867. The molecule has 0 bridgehead atoms. The standard InChI is InChI=1S/C13H24N2O3S/c1-4-18-13(17)11-8-19-6-5-15(11)12(16)7-10(14)9(2)3/h9-11H,4-8,14H2,1-3H3. The summed E-state index contributed by atoms with van der Waals surface area (Å²) >= 11 is 1.68. The maximum atomic E-state index is 12.3. The number of amides is 1. The van der Waals surface area contributed by atoms with E-state index in [0.717, 1.165) is 5.75 Å². The van der Waals surface area contributed by atoms with Crippen LogP contribution in [0.25, 0.3) is 0 Å². The van der Waals surface area contributed by atoms with Crippen molar-refractivity contribution in [1.29, 1.82) is 0 Å². The van der Waals surface area contributed by atoms with Crippen LogP contribution in [0, 0.1) is 5.92 Å². The van der Waals surface area contributed by atoms with E-state index in [9.17, 15) is 9.59 Å². The normalized spacial score (nSPS) is 21.3. The lowest BCUT2D eigenvalue weighted by Gasteiger charge is -2.34. The molecule has 2 N–H and O–H groups in total. The smallest absolute Gasteiger partial charge is 0.329 e. The first-order valence-electron chi connectivity index (χ1n) is 6.76. The minimum Gasteiger partial charge on any atom is -0.464 e. The van der Waals surface area contributed by atoms with E-state index in [-0.39, 0.29) is 30.3 Å². The summed E-state index contributed by atoms with van der Waals surface area (Å²) < 4.78 is 5.04. The predicted molar refractivity (Wildman–Crippen MR) is 76.9 cm³/mol. The molecule has 0 aromatic rings. The van der Waals surface area contributed by atoms with Crippen molar-refractivity contribution in [2.75, 3.05) is 24.7 Å². The highest BCUT2D eigenvalue weighted by Gasteiger charge is 2.34. The first-order chi connectivity index (χ1) is 8.97. The van der Waals surface area contributed by atoms with Crippen LogP contribution in [0.4, 0.5) is 0 Å². The number of nitrogens with two attached hydrogens (primary N) is 1. The van der Waals surface area contributed by atoms with Crippen LogP contribution in [-0.4, -0.2) is 53.5 Å². The van der Waals surface area contributed by atoms with Gasteiger partial charge in [-0.2, -0.15) is 11.8 Å². The van der Waals surface area contributed by atoms with E-state index in [1.807, 2.05) is 13.8 Å². The molecule has 0 aromatic heterocycles. The van der Waals surface area contributed by atoms with Gasteiger partial charge in [0.15, 0.2) is 0 Å². The van der Waals surface area contributed by atoms with E-state index in [1.54, 1.807) is 23.6 Å². The molecular formula is C13H24N2O3S. The first kappa shape index (κ1) is 16.3. The lowest BCUT2D eigenvalue weighted by molar-refractivity contribution is -0.154. The van der Waals surface area contributed by atoms with Gasteiger partial charge in [-0.25, -0.2) is 4.79 Å². The number of hydrogen-bond acceptors (Lipinski definition) is 5. The average molecular weight is 288 g/mol. The Morgan fingerprint density at radius 2 is 2.16 bits per heavy atom. The van der Waals surface area contributed by atoms with Crippen molar-refractivity contribution in [3.63, 3.8) is 0 Å². The number of esters is 1. The van der Waals surface area contributed by atoms with Crippen LogP contribution in [0.2, 0.25) is 0 Å². The SMILES string of the molecule is CCOC(=O)C1CSCCN1C(=O)CC(N)C(C)C. The number of ether oxygens (including phenoxy) is 1. The van der Waals surface area contributed by atoms with Gasteiger partial charge in [-0.3, -0.25) is 4.79 Å². The average Bonchev–Trinajstić information content (AvgIpc) is 2.38. The van der Waals surface area contributed by atoms with E-state index >= 15 is 0 Å². The molecule has 0 radical (unpaired) electrons. The van der Waals surface area contributed by atoms with Gasteiger partial charge in [0, 0.05) is 30.5 Å². The minimum absolute atomic E-state index is 0.0421. The second-order valence-corrected chi connectivity index (χ2v) is 6.19. The highest BCUT2D eigenvalue weighted by Crippen LogP contribution is 2.19. The minimum atomic E-state index is -0.453. The van der Waals surface area contributed by atoms with Gasteiger partial charge in [0.2, 0.25) is 5.91 Å². The van der Waals surface area contributed by atoms with Crippen LogP contribution >= 0.6 is 11.8 Å². The zero-order chi connectivity index (χ0) is 14.4. The van der Waals surface area contributed by atoms with Crippen LogP contribution in [-0.2, 0) is 14.3 Å². The molecule has 2 unspecified atom stereocenters. The number of thioether (sulfide) groups is 1. The monoisotopic (exact) mass is 288 g/mol. The van der Waals surface area contributed by atoms with Gasteiger partial charge >= 0.3 is 5.97 Å². The van der Waals surface area contributed by atoms with Crippen molar-refractivity contribution in [2.45, 2.75) is 39.3 Å². The fourth-order valence-corrected chi connectivity index (χ4v) is 2.92. The molecule has 1 aliphatic heterocycles. The maximum absolute atomic E-state index is 12.3. The molecule has 110 valence electrons. The third-order valence-electron chi connectivity index (χ3n) is 3.27. The molecule has 1 amide bonds. The van der Waals surface area contributed by atoms with Gasteiger partial charge in [-0.15, -0.1) is 0 Å². The molecule has 1 aliphatic rings. The van der Waals surface area contributed by atoms with E-state index in [2.05, 4.69) is 0 Å².